The van der Waals surface area contributed by atoms with E-state index in [9.17, 15) is 14.7 Å². The topological polar surface area (TPSA) is 75.0 Å². The molecule has 2 aromatic heterocycles. The average Bonchev–Trinajstić information content (AvgIpc) is 2.56. The van der Waals surface area contributed by atoms with Crippen molar-refractivity contribution in [3.63, 3.8) is 0 Å². The summed E-state index contributed by atoms with van der Waals surface area (Å²) in [5, 5.41) is 11.4. The molecule has 0 spiro atoms. The number of benzene rings is 1. The van der Waals surface area contributed by atoms with Gasteiger partial charge in [0.2, 0.25) is 0 Å². The predicted molar refractivity (Wildman–Crippen MR) is 85.3 cm³/mol. The molecule has 2 heterocycles. The average molecular weight is 330 g/mol. The van der Waals surface area contributed by atoms with Gasteiger partial charge in [0.15, 0.2) is 5.43 Å². The summed E-state index contributed by atoms with van der Waals surface area (Å²) in [7, 11) is 0. The van der Waals surface area contributed by atoms with Crippen molar-refractivity contribution in [1.82, 2.24) is 9.55 Å². The fourth-order valence-corrected chi connectivity index (χ4v) is 2.59. The van der Waals surface area contributed by atoms with Gasteiger partial charge < -0.3 is 14.5 Å². The third-order valence-corrected chi connectivity index (χ3v) is 3.77. The number of nitrogens with zero attached hydrogens (tertiary/aromatic N) is 2. The number of fused-ring (bicyclic) bond motifs is 1. The Morgan fingerprint density at radius 2 is 1.88 bits per heavy atom. The van der Waals surface area contributed by atoms with E-state index in [1.165, 1.54) is 6.20 Å². The Balaban J connectivity index is 0.00000208. The first-order chi connectivity index (χ1) is 11.1. The van der Waals surface area contributed by atoms with Crippen molar-refractivity contribution in [3.8, 4) is 0 Å². The van der Waals surface area contributed by atoms with Gasteiger partial charge in [0.05, 0.1) is 16.9 Å². The maximum absolute atomic E-state index is 12.2. The standard InChI is InChI=1S/C18H16N2O3.Na/c1-2-20-11-15(18(22)23)16(21)14-9-8-13(19-17(14)20)10-12-6-4-3-5-7-12;/h3-9,11H,2,10H2,1H3,(H,22,23);/q;+1/p-1. The zero-order chi connectivity index (χ0) is 16.4. The third kappa shape index (κ3) is 3.59. The van der Waals surface area contributed by atoms with E-state index in [1.807, 2.05) is 37.3 Å². The smallest absolute Gasteiger partial charge is 0.545 e. The molecule has 0 unspecified atom stereocenters. The van der Waals surface area contributed by atoms with E-state index in [2.05, 4.69) is 4.98 Å². The number of aryl methyl sites for hydroxylation is 1. The molecule has 0 bridgehead atoms. The zero-order valence-corrected chi connectivity index (χ0v) is 15.7. The monoisotopic (exact) mass is 330 g/mol. The van der Waals surface area contributed by atoms with Crippen LogP contribution in [0, 0.1) is 0 Å². The van der Waals surface area contributed by atoms with E-state index in [0.717, 1.165) is 11.3 Å². The van der Waals surface area contributed by atoms with Gasteiger partial charge in [0.1, 0.15) is 5.65 Å². The van der Waals surface area contributed by atoms with E-state index in [4.69, 9.17) is 0 Å². The molecule has 24 heavy (non-hydrogen) atoms. The number of rotatable bonds is 4. The van der Waals surface area contributed by atoms with Crippen LogP contribution in [0.4, 0.5) is 0 Å². The van der Waals surface area contributed by atoms with E-state index in [-0.39, 0.29) is 35.1 Å². The second-order valence-electron chi connectivity index (χ2n) is 5.28. The minimum atomic E-state index is -1.47. The molecule has 5 nitrogen and oxygen atoms in total. The van der Waals surface area contributed by atoms with Crippen LogP contribution in [0.25, 0.3) is 11.0 Å². The molecular formula is C18H15N2NaO3. The zero-order valence-electron chi connectivity index (χ0n) is 13.7. The van der Waals surface area contributed by atoms with Gasteiger partial charge in [0, 0.05) is 24.9 Å². The van der Waals surface area contributed by atoms with E-state index in [1.54, 1.807) is 16.7 Å². The number of carbonyl (C=O) groups excluding carboxylic acids is 1. The van der Waals surface area contributed by atoms with Crippen LogP contribution < -0.4 is 40.1 Å². The van der Waals surface area contributed by atoms with Gasteiger partial charge in [-0.25, -0.2) is 4.98 Å². The Kier molecular flexibility index (Phi) is 5.94. The molecule has 0 aliphatic rings. The minimum Gasteiger partial charge on any atom is -0.545 e. The third-order valence-electron chi connectivity index (χ3n) is 3.77. The molecule has 0 aliphatic carbocycles. The van der Waals surface area contributed by atoms with Crippen molar-refractivity contribution < 1.29 is 39.5 Å². The summed E-state index contributed by atoms with van der Waals surface area (Å²) in [6.07, 6.45) is 1.95. The quantitative estimate of drug-likeness (QED) is 0.539. The van der Waals surface area contributed by atoms with Gasteiger partial charge in [-0.05, 0) is 24.6 Å². The molecule has 1 aromatic carbocycles. The van der Waals surface area contributed by atoms with Gasteiger partial charge in [-0.1, -0.05) is 30.3 Å². The van der Waals surface area contributed by atoms with Crippen molar-refractivity contribution in [2.45, 2.75) is 19.9 Å². The molecule has 0 aliphatic heterocycles. The first-order valence-corrected chi connectivity index (χ1v) is 7.38. The first-order valence-electron chi connectivity index (χ1n) is 7.38. The van der Waals surface area contributed by atoms with Crippen LogP contribution in [-0.2, 0) is 13.0 Å². The molecular weight excluding hydrogens is 315 g/mol. The number of carboxylic acid groups (broad SMARTS) is 1. The molecule has 0 N–H and O–H groups in total. The van der Waals surface area contributed by atoms with E-state index in [0.29, 0.717) is 24.0 Å². The first kappa shape index (κ1) is 18.4. The van der Waals surface area contributed by atoms with Gasteiger partial charge in [-0.3, -0.25) is 4.79 Å². The summed E-state index contributed by atoms with van der Waals surface area (Å²) in [6, 6.07) is 13.3. The Hall–Kier alpha value is -1.95. The molecule has 3 aromatic rings. The van der Waals surface area contributed by atoms with Crippen molar-refractivity contribution in [3.05, 3.63) is 75.7 Å². The van der Waals surface area contributed by atoms with Crippen molar-refractivity contribution in [2.75, 3.05) is 0 Å². The molecule has 0 atom stereocenters. The summed E-state index contributed by atoms with van der Waals surface area (Å²) < 4.78 is 1.66. The normalized spacial score (nSPS) is 10.4. The van der Waals surface area contributed by atoms with Gasteiger partial charge in [-0.15, -0.1) is 0 Å². The van der Waals surface area contributed by atoms with Crippen LogP contribution in [0.5, 0.6) is 0 Å². The van der Waals surface area contributed by atoms with Gasteiger partial charge in [0.25, 0.3) is 0 Å². The fraction of sp³-hybridized carbons (Fsp3) is 0.167. The Bertz CT molecular complexity index is 936. The van der Waals surface area contributed by atoms with E-state index >= 15 is 0 Å². The van der Waals surface area contributed by atoms with Crippen molar-refractivity contribution in [2.24, 2.45) is 0 Å². The number of aromatic nitrogens is 2. The fourth-order valence-electron chi connectivity index (χ4n) is 2.59. The number of hydrogen-bond acceptors (Lipinski definition) is 4. The molecule has 3 rings (SSSR count). The number of pyridine rings is 2. The van der Waals surface area contributed by atoms with Crippen LogP contribution in [0.1, 0.15) is 28.5 Å². The van der Waals surface area contributed by atoms with Crippen LogP contribution >= 0.6 is 0 Å². The molecule has 116 valence electrons. The molecule has 6 heteroatoms. The van der Waals surface area contributed by atoms with Crippen LogP contribution in [0.15, 0.2) is 53.5 Å². The summed E-state index contributed by atoms with van der Waals surface area (Å²) in [6.45, 7) is 2.38. The summed E-state index contributed by atoms with van der Waals surface area (Å²) >= 11 is 0. The van der Waals surface area contributed by atoms with Crippen LogP contribution in [0.2, 0.25) is 0 Å². The Morgan fingerprint density at radius 3 is 2.50 bits per heavy atom. The van der Waals surface area contributed by atoms with Crippen molar-refractivity contribution in [1.29, 1.82) is 0 Å². The van der Waals surface area contributed by atoms with Gasteiger partial charge in [-0.2, -0.15) is 0 Å². The second kappa shape index (κ2) is 7.75. The SMILES string of the molecule is CCn1cc(C(=O)[O-])c(=O)c2ccc(Cc3ccccc3)nc21.[Na+]. The summed E-state index contributed by atoms with van der Waals surface area (Å²) in [5.41, 5.74) is 1.55. The molecule has 0 radical (unpaired) electrons. The molecule has 0 saturated heterocycles. The molecule has 0 saturated carbocycles. The minimum absolute atomic E-state index is 0. The largest absolute Gasteiger partial charge is 1.00 e. The van der Waals surface area contributed by atoms with Crippen LogP contribution in [-0.4, -0.2) is 15.5 Å². The number of carbonyl (C=O) groups is 1. The predicted octanol–water partition coefficient (Wildman–Crippen LogP) is -1.63. The molecule has 0 fully saturated rings. The Labute approximate surface area is 161 Å². The molecule has 0 amide bonds. The van der Waals surface area contributed by atoms with Crippen molar-refractivity contribution >= 4 is 17.0 Å². The Morgan fingerprint density at radius 1 is 1.17 bits per heavy atom. The van der Waals surface area contributed by atoms with Gasteiger partial charge >= 0.3 is 29.6 Å². The number of aromatic carboxylic acids is 1. The summed E-state index contributed by atoms with van der Waals surface area (Å²) in [5.74, 6) is -1.47. The number of hydrogen-bond donors (Lipinski definition) is 0. The van der Waals surface area contributed by atoms with Crippen LogP contribution in [0.3, 0.4) is 0 Å². The van der Waals surface area contributed by atoms with E-state index < -0.39 is 11.4 Å². The summed E-state index contributed by atoms with van der Waals surface area (Å²) in [4.78, 5) is 27.9. The maximum atomic E-state index is 12.2. The maximum Gasteiger partial charge on any atom is 1.00 e. The number of carboxylic acids is 1. The second-order valence-corrected chi connectivity index (χ2v) is 5.28.